The van der Waals surface area contributed by atoms with Gasteiger partial charge >= 0.3 is 0 Å². The molecule has 1 amide bonds. The lowest BCUT2D eigenvalue weighted by Crippen LogP contribution is -2.42. The van der Waals surface area contributed by atoms with Gasteiger partial charge in [0.25, 0.3) is 11.8 Å². The molecule has 5 rings (SSSR count). The maximum atomic E-state index is 13.4. The lowest BCUT2D eigenvalue weighted by molar-refractivity contribution is 0.0642. The van der Waals surface area contributed by atoms with E-state index in [4.69, 9.17) is 4.52 Å². The van der Waals surface area contributed by atoms with Crippen LogP contribution in [0.3, 0.4) is 0 Å². The fourth-order valence-electron chi connectivity index (χ4n) is 4.95. The number of rotatable bonds is 4. The normalized spacial score (nSPS) is 18.3. The molecule has 31 heavy (non-hydrogen) atoms. The molecule has 2 aromatic carbocycles. The number of nitrogens with one attached hydrogen (secondary N) is 1. The molecule has 160 valence electrons. The third-order valence-electron chi connectivity index (χ3n) is 6.72. The van der Waals surface area contributed by atoms with Crippen molar-refractivity contribution in [2.75, 3.05) is 26.2 Å². The monoisotopic (exact) mass is 416 g/mol. The number of likely N-dealkylation sites (tertiary alicyclic amines) is 1. The van der Waals surface area contributed by atoms with Crippen LogP contribution in [0.2, 0.25) is 0 Å². The van der Waals surface area contributed by atoms with E-state index in [0.29, 0.717) is 22.8 Å². The zero-order valence-electron chi connectivity index (χ0n) is 17.7. The molecule has 0 atom stereocenters. The second-order valence-electron chi connectivity index (χ2n) is 8.55. The lowest BCUT2D eigenvalue weighted by Gasteiger charge is -2.38. The van der Waals surface area contributed by atoms with Gasteiger partial charge in [0.05, 0.1) is 11.1 Å². The summed E-state index contributed by atoms with van der Waals surface area (Å²) in [5, 5.41) is 7.57. The Morgan fingerprint density at radius 2 is 1.58 bits per heavy atom. The Kier molecular flexibility index (Phi) is 5.80. The molecule has 6 nitrogen and oxygen atoms in total. The minimum absolute atomic E-state index is 0.0545. The zero-order chi connectivity index (χ0) is 21.0. The highest BCUT2D eigenvalue weighted by atomic mass is 16.5. The van der Waals surface area contributed by atoms with Crippen LogP contribution in [0.4, 0.5) is 0 Å². The summed E-state index contributed by atoms with van der Waals surface area (Å²) in [5.74, 6) is 2.51. The largest absolute Gasteiger partial charge is 0.339 e. The molecular weight excluding hydrogens is 388 g/mol. The quantitative estimate of drug-likeness (QED) is 0.688. The van der Waals surface area contributed by atoms with Crippen LogP contribution in [-0.2, 0) is 0 Å². The number of aromatic nitrogens is 2. The van der Waals surface area contributed by atoms with Gasteiger partial charge in [-0.15, -0.1) is 0 Å². The average Bonchev–Trinajstić information content (AvgIpc) is 3.35. The highest BCUT2D eigenvalue weighted by Gasteiger charge is 2.30. The standard InChI is InChI=1S/C25H28N4O2/c30-25(29-16-12-19(13-17-29)18-10-14-26-15-11-18)22-9-5-4-8-21(22)24-27-23(28-31-24)20-6-2-1-3-7-20/h1-9,18-19,26H,10-17H2. The molecule has 2 aliphatic rings. The van der Waals surface area contributed by atoms with Gasteiger partial charge in [-0.1, -0.05) is 47.6 Å². The van der Waals surface area contributed by atoms with Gasteiger partial charge in [0.1, 0.15) is 0 Å². The van der Waals surface area contributed by atoms with Gasteiger partial charge in [-0.3, -0.25) is 4.79 Å². The molecule has 2 saturated heterocycles. The van der Waals surface area contributed by atoms with Crippen molar-refractivity contribution >= 4 is 5.91 Å². The summed E-state index contributed by atoms with van der Waals surface area (Å²) in [4.78, 5) is 19.9. The van der Waals surface area contributed by atoms with Crippen molar-refractivity contribution in [2.24, 2.45) is 11.8 Å². The van der Waals surface area contributed by atoms with E-state index in [0.717, 1.165) is 56.4 Å². The number of hydrogen-bond donors (Lipinski definition) is 1. The van der Waals surface area contributed by atoms with Gasteiger partial charge in [0, 0.05) is 18.7 Å². The molecule has 1 aromatic heterocycles. The number of carbonyl (C=O) groups is 1. The zero-order valence-corrected chi connectivity index (χ0v) is 17.7. The fourth-order valence-corrected chi connectivity index (χ4v) is 4.95. The number of carbonyl (C=O) groups excluding carboxylic acids is 1. The Labute approximate surface area is 182 Å². The molecule has 0 radical (unpaired) electrons. The summed E-state index contributed by atoms with van der Waals surface area (Å²) in [6, 6.07) is 17.3. The Morgan fingerprint density at radius 1 is 0.903 bits per heavy atom. The molecule has 0 unspecified atom stereocenters. The number of nitrogens with zero attached hydrogens (tertiary/aromatic N) is 3. The number of hydrogen-bond acceptors (Lipinski definition) is 5. The van der Waals surface area contributed by atoms with Crippen LogP contribution in [0, 0.1) is 11.8 Å². The van der Waals surface area contributed by atoms with Crippen LogP contribution < -0.4 is 5.32 Å². The van der Waals surface area contributed by atoms with Crippen LogP contribution in [0.1, 0.15) is 36.0 Å². The van der Waals surface area contributed by atoms with E-state index in [1.54, 1.807) is 0 Å². The van der Waals surface area contributed by atoms with E-state index in [-0.39, 0.29) is 5.91 Å². The number of piperidine rings is 2. The first-order valence-electron chi connectivity index (χ1n) is 11.3. The first-order valence-corrected chi connectivity index (χ1v) is 11.3. The van der Waals surface area contributed by atoms with Gasteiger partial charge in [0.15, 0.2) is 0 Å². The highest BCUT2D eigenvalue weighted by Crippen LogP contribution is 2.32. The van der Waals surface area contributed by atoms with Crippen molar-refractivity contribution in [3.05, 3.63) is 60.2 Å². The number of amides is 1. The minimum atomic E-state index is 0.0545. The molecule has 0 spiro atoms. The molecule has 2 aliphatic heterocycles. The smallest absolute Gasteiger partial charge is 0.259 e. The van der Waals surface area contributed by atoms with E-state index in [1.807, 2.05) is 59.5 Å². The van der Waals surface area contributed by atoms with Crippen LogP contribution in [-0.4, -0.2) is 47.1 Å². The molecule has 2 fully saturated rings. The molecule has 0 saturated carbocycles. The summed E-state index contributed by atoms with van der Waals surface area (Å²) in [5.41, 5.74) is 2.22. The van der Waals surface area contributed by atoms with Crippen molar-refractivity contribution in [3.8, 4) is 22.8 Å². The first kappa shape index (κ1) is 19.9. The summed E-state index contributed by atoms with van der Waals surface area (Å²) in [6.07, 6.45) is 4.72. The first-order chi connectivity index (χ1) is 15.3. The molecule has 0 aliphatic carbocycles. The Balaban J connectivity index is 1.32. The van der Waals surface area contributed by atoms with Crippen molar-refractivity contribution in [3.63, 3.8) is 0 Å². The van der Waals surface area contributed by atoms with Gasteiger partial charge in [0.2, 0.25) is 5.82 Å². The molecule has 3 aromatic rings. The Morgan fingerprint density at radius 3 is 2.35 bits per heavy atom. The lowest BCUT2D eigenvalue weighted by atomic mass is 9.79. The third-order valence-corrected chi connectivity index (χ3v) is 6.72. The SMILES string of the molecule is O=C(c1ccccc1-c1nc(-c2ccccc2)no1)N1CCC(C2CCNCC2)CC1. The van der Waals surface area contributed by atoms with Gasteiger partial charge in [-0.25, -0.2) is 0 Å². The third kappa shape index (κ3) is 4.26. The molecule has 1 N–H and O–H groups in total. The maximum Gasteiger partial charge on any atom is 0.259 e. The molecular formula is C25H28N4O2. The minimum Gasteiger partial charge on any atom is -0.339 e. The van der Waals surface area contributed by atoms with Crippen molar-refractivity contribution < 1.29 is 9.32 Å². The summed E-state index contributed by atoms with van der Waals surface area (Å²) >= 11 is 0. The van der Waals surface area contributed by atoms with Crippen LogP contribution in [0.5, 0.6) is 0 Å². The van der Waals surface area contributed by atoms with Crippen molar-refractivity contribution in [1.82, 2.24) is 20.4 Å². The molecule has 3 heterocycles. The van der Waals surface area contributed by atoms with Gasteiger partial charge < -0.3 is 14.7 Å². The fraction of sp³-hybridized carbons (Fsp3) is 0.400. The van der Waals surface area contributed by atoms with Gasteiger partial charge in [-0.05, 0) is 62.7 Å². The topological polar surface area (TPSA) is 71.3 Å². The van der Waals surface area contributed by atoms with Gasteiger partial charge in [-0.2, -0.15) is 4.98 Å². The van der Waals surface area contributed by atoms with E-state index >= 15 is 0 Å². The van der Waals surface area contributed by atoms with E-state index < -0.39 is 0 Å². The predicted octanol–water partition coefficient (Wildman–Crippen LogP) is 4.26. The summed E-state index contributed by atoms with van der Waals surface area (Å²) in [7, 11) is 0. The second-order valence-corrected chi connectivity index (χ2v) is 8.55. The predicted molar refractivity (Wildman–Crippen MR) is 119 cm³/mol. The highest BCUT2D eigenvalue weighted by molar-refractivity contribution is 6.00. The van der Waals surface area contributed by atoms with Crippen LogP contribution in [0.15, 0.2) is 59.1 Å². The van der Waals surface area contributed by atoms with E-state index in [2.05, 4.69) is 15.5 Å². The summed E-state index contributed by atoms with van der Waals surface area (Å²) in [6.45, 7) is 3.90. The van der Waals surface area contributed by atoms with Crippen molar-refractivity contribution in [1.29, 1.82) is 0 Å². The Bertz CT molecular complexity index is 1020. The molecule has 0 bridgehead atoms. The van der Waals surface area contributed by atoms with E-state index in [1.165, 1.54) is 12.8 Å². The molecule has 6 heteroatoms. The van der Waals surface area contributed by atoms with E-state index in [9.17, 15) is 4.79 Å². The van der Waals surface area contributed by atoms with Crippen molar-refractivity contribution in [2.45, 2.75) is 25.7 Å². The second kappa shape index (κ2) is 9.02. The van der Waals surface area contributed by atoms with Crippen LogP contribution >= 0.6 is 0 Å². The van der Waals surface area contributed by atoms with Crippen LogP contribution in [0.25, 0.3) is 22.8 Å². The maximum absolute atomic E-state index is 13.4. The number of benzene rings is 2. The Hall–Kier alpha value is -2.99. The summed E-state index contributed by atoms with van der Waals surface area (Å²) < 4.78 is 5.54. The average molecular weight is 417 g/mol.